The molecule has 0 radical (unpaired) electrons. The van der Waals surface area contributed by atoms with Gasteiger partial charge in [0.15, 0.2) is 0 Å². The predicted octanol–water partition coefficient (Wildman–Crippen LogP) is 2.53. The van der Waals surface area contributed by atoms with Crippen LogP contribution in [0.3, 0.4) is 0 Å². The molecule has 1 aromatic heterocycles. The number of nitrogens with zero attached hydrogens (tertiary/aromatic N) is 1. The molecule has 0 bridgehead atoms. The molecule has 8 nitrogen and oxygen atoms in total. The summed E-state index contributed by atoms with van der Waals surface area (Å²) in [4.78, 5) is 40.5. The number of alkyl carbamates (subject to hydrolysis) is 1. The molecule has 1 atom stereocenters. The molecule has 0 aliphatic carbocycles. The van der Waals surface area contributed by atoms with Gasteiger partial charge < -0.3 is 21.1 Å². The second-order valence-electron chi connectivity index (χ2n) is 6.93. The first kappa shape index (κ1) is 21.8. The van der Waals surface area contributed by atoms with Gasteiger partial charge >= 0.3 is 6.09 Å². The molecule has 0 unspecified atom stereocenters. The molecule has 3 rings (SSSR count). The maximum Gasteiger partial charge on any atom is 0.407 e. The zero-order chi connectivity index (χ0) is 22.1. The van der Waals surface area contributed by atoms with Crippen molar-refractivity contribution in [2.45, 2.75) is 25.5 Å². The molecule has 2 aromatic carbocycles. The summed E-state index contributed by atoms with van der Waals surface area (Å²) in [5.74, 6) is -1.05. The van der Waals surface area contributed by atoms with Crippen LogP contribution < -0.4 is 16.4 Å². The van der Waals surface area contributed by atoms with Crippen LogP contribution in [0.4, 0.5) is 4.79 Å². The Morgan fingerprint density at radius 1 is 1.00 bits per heavy atom. The minimum Gasteiger partial charge on any atom is -0.445 e. The molecule has 0 aliphatic heterocycles. The summed E-state index contributed by atoms with van der Waals surface area (Å²) in [6.07, 6.45) is 1.71. The number of amides is 3. The zero-order valence-electron chi connectivity index (χ0n) is 16.9. The van der Waals surface area contributed by atoms with Crippen LogP contribution in [0.15, 0.2) is 66.9 Å². The molecule has 0 aliphatic rings. The standard InChI is InChI=1S/C23H24N4O4/c24-21(28)20(11-6-13-26-23(30)31-15-16-7-2-1-3-8-16)27-22(29)18-12-14-25-19-10-5-4-9-17(18)19/h1-5,7-10,12,14,20H,6,11,13,15H2,(H2,24,28)(H,26,30)(H,27,29)/t20-/m0/s1. The van der Waals surface area contributed by atoms with E-state index < -0.39 is 23.9 Å². The Hall–Kier alpha value is -3.94. The lowest BCUT2D eigenvalue weighted by Gasteiger charge is -2.16. The highest BCUT2D eigenvalue weighted by molar-refractivity contribution is 6.07. The van der Waals surface area contributed by atoms with E-state index in [0.717, 1.165) is 5.56 Å². The highest BCUT2D eigenvalue weighted by Gasteiger charge is 2.20. The first-order chi connectivity index (χ1) is 15.0. The van der Waals surface area contributed by atoms with E-state index in [1.165, 1.54) is 0 Å². The lowest BCUT2D eigenvalue weighted by Crippen LogP contribution is -2.44. The largest absolute Gasteiger partial charge is 0.445 e. The number of hydrogen-bond acceptors (Lipinski definition) is 5. The van der Waals surface area contributed by atoms with E-state index in [2.05, 4.69) is 15.6 Å². The van der Waals surface area contributed by atoms with Crippen LogP contribution in [0.5, 0.6) is 0 Å². The van der Waals surface area contributed by atoms with Gasteiger partial charge in [0, 0.05) is 18.1 Å². The van der Waals surface area contributed by atoms with Gasteiger partial charge in [0.2, 0.25) is 5.91 Å². The van der Waals surface area contributed by atoms with Crippen molar-refractivity contribution in [3.8, 4) is 0 Å². The summed E-state index contributed by atoms with van der Waals surface area (Å²) in [6.45, 7) is 0.456. The second kappa shape index (κ2) is 10.7. The lowest BCUT2D eigenvalue weighted by atomic mass is 10.1. The molecule has 0 saturated carbocycles. The van der Waals surface area contributed by atoms with E-state index in [9.17, 15) is 14.4 Å². The first-order valence-corrected chi connectivity index (χ1v) is 9.93. The fourth-order valence-corrected chi connectivity index (χ4v) is 3.09. The summed E-state index contributed by atoms with van der Waals surface area (Å²) in [6, 6.07) is 17.3. The van der Waals surface area contributed by atoms with E-state index in [4.69, 9.17) is 10.5 Å². The minimum atomic E-state index is -0.860. The first-order valence-electron chi connectivity index (χ1n) is 9.93. The van der Waals surface area contributed by atoms with E-state index in [0.29, 0.717) is 22.9 Å². The van der Waals surface area contributed by atoms with Crippen molar-refractivity contribution in [3.63, 3.8) is 0 Å². The van der Waals surface area contributed by atoms with Crippen LogP contribution >= 0.6 is 0 Å². The topological polar surface area (TPSA) is 123 Å². The number of fused-ring (bicyclic) bond motifs is 1. The molecule has 160 valence electrons. The normalized spacial score (nSPS) is 11.5. The Morgan fingerprint density at radius 2 is 1.74 bits per heavy atom. The smallest absolute Gasteiger partial charge is 0.407 e. The van der Waals surface area contributed by atoms with Gasteiger partial charge in [0.1, 0.15) is 12.6 Å². The second-order valence-corrected chi connectivity index (χ2v) is 6.93. The molecule has 3 amide bonds. The van der Waals surface area contributed by atoms with Gasteiger partial charge in [-0.25, -0.2) is 4.79 Å². The molecule has 4 N–H and O–H groups in total. The third-order valence-corrected chi connectivity index (χ3v) is 4.69. The van der Waals surface area contributed by atoms with Crippen molar-refractivity contribution in [1.29, 1.82) is 0 Å². The Kier molecular flexibility index (Phi) is 7.53. The Labute approximate surface area is 179 Å². The quantitative estimate of drug-likeness (QED) is 0.459. The fraction of sp³-hybridized carbons (Fsp3) is 0.217. The SMILES string of the molecule is NC(=O)[C@H](CCCNC(=O)OCc1ccccc1)NC(=O)c1ccnc2ccccc12. The number of carbonyl (C=O) groups excluding carboxylic acids is 3. The molecule has 3 aromatic rings. The molecular weight excluding hydrogens is 396 g/mol. The summed E-state index contributed by atoms with van der Waals surface area (Å²) in [7, 11) is 0. The average molecular weight is 420 g/mol. The Balaban J connectivity index is 1.47. The molecule has 0 spiro atoms. The molecular formula is C23H24N4O4. The third kappa shape index (κ3) is 6.27. The summed E-state index contributed by atoms with van der Waals surface area (Å²) < 4.78 is 5.13. The number of para-hydroxylation sites is 1. The van der Waals surface area contributed by atoms with Crippen LogP contribution in [0.1, 0.15) is 28.8 Å². The average Bonchev–Trinajstić information content (AvgIpc) is 2.79. The number of rotatable bonds is 9. The number of aromatic nitrogens is 1. The highest BCUT2D eigenvalue weighted by atomic mass is 16.5. The Bertz CT molecular complexity index is 1050. The third-order valence-electron chi connectivity index (χ3n) is 4.69. The van der Waals surface area contributed by atoms with Crippen LogP contribution in [0.25, 0.3) is 10.9 Å². The number of carbonyl (C=O) groups is 3. The maximum atomic E-state index is 12.7. The van der Waals surface area contributed by atoms with Crippen molar-refractivity contribution >= 4 is 28.8 Å². The van der Waals surface area contributed by atoms with E-state index >= 15 is 0 Å². The van der Waals surface area contributed by atoms with Gasteiger partial charge in [-0.1, -0.05) is 48.5 Å². The van der Waals surface area contributed by atoms with Crippen LogP contribution in [0.2, 0.25) is 0 Å². The number of primary amides is 1. The van der Waals surface area contributed by atoms with E-state index in [1.54, 1.807) is 24.4 Å². The van der Waals surface area contributed by atoms with Crippen molar-refractivity contribution in [2.75, 3.05) is 6.54 Å². The van der Waals surface area contributed by atoms with Gasteiger partial charge in [0.05, 0.1) is 11.1 Å². The number of ether oxygens (including phenoxy) is 1. The molecule has 8 heteroatoms. The number of hydrogen-bond donors (Lipinski definition) is 3. The van der Waals surface area contributed by atoms with Gasteiger partial charge in [-0.2, -0.15) is 0 Å². The number of nitrogens with one attached hydrogen (secondary N) is 2. The molecule has 31 heavy (non-hydrogen) atoms. The van der Waals surface area contributed by atoms with Crippen molar-refractivity contribution in [2.24, 2.45) is 5.73 Å². The highest BCUT2D eigenvalue weighted by Crippen LogP contribution is 2.16. The van der Waals surface area contributed by atoms with E-state index in [-0.39, 0.29) is 19.6 Å². The van der Waals surface area contributed by atoms with Gasteiger partial charge in [-0.05, 0) is 30.5 Å². The van der Waals surface area contributed by atoms with Crippen molar-refractivity contribution in [3.05, 3.63) is 78.0 Å². The molecule has 0 saturated heterocycles. The Morgan fingerprint density at radius 3 is 2.52 bits per heavy atom. The molecule has 0 fully saturated rings. The van der Waals surface area contributed by atoms with Crippen LogP contribution in [-0.4, -0.2) is 35.5 Å². The van der Waals surface area contributed by atoms with E-state index in [1.807, 2.05) is 42.5 Å². The number of nitrogens with two attached hydrogens (primary N) is 1. The predicted molar refractivity (Wildman–Crippen MR) is 116 cm³/mol. The summed E-state index contributed by atoms with van der Waals surface area (Å²) in [5.41, 5.74) is 7.44. The van der Waals surface area contributed by atoms with Crippen molar-refractivity contribution in [1.82, 2.24) is 15.6 Å². The van der Waals surface area contributed by atoms with Crippen LogP contribution in [0, 0.1) is 0 Å². The molecule has 1 heterocycles. The fourth-order valence-electron chi connectivity index (χ4n) is 3.09. The summed E-state index contributed by atoms with van der Waals surface area (Å²) >= 11 is 0. The number of benzene rings is 2. The van der Waals surface area contributed by atoms with Gasteiger partial charge in [-0.15, -0.1) is 0 Å². The van der Waals surface area contributed by atoms with Crippen molar-refractivity contribution < 1.29 is 19.1 Å². The maximum absolute atomic E-state index is 12.7. The monoisotopic (exact) mass is 420 g/mol. The zero-order valence-corrected chi connectivity index (χ0v) is 16.9. The minimum absolute atomic E-state index is 0.173. The lowest BCUT2D eigenvalue weighted by molar-refractivity contribution is -0.120. The number of pyridine rings is 1. The van der Waals surface area contributed by atoms with Crippen LogP contribution in [-0.2, 0) is 16.1 Å². The van der Waals surface area contributed by atoms with Gasteiger partial charge in [0.25, 0.3) is 5.91 Å². The van der Waals surface area contributed by atoms with Gasteiger partial charge in [-0.3, -0.25) is 14.6 Å². The summed E-state index contributed by atoms with van der Waals surface area (Å²) in [5, 5.41) is 5.99.